The van der Waals surface area contributed by atoms with Crippen molar-refractivity contribution in [2.75, 3.05) is 39.3 Å². The molecule has 276 valence electrons. The molecule has 0 atom stereocenters. The van der Waals surface area contributed by atoms with Crippen LogP contribution in [0.3, 0.4) is 0 Å². The Balaban J connectivity index is 0.000000385. The Bertz CT molecular complexity index is 1910. The number of likely N-dealkylation sites (tertiary alicyclic amines) is 2. The highest BCUT2D eigenvalue weighted by molar-refractivity contribution is 7.86. The molecule has 2 fully saturated rings. The van der Waals surface area contributed by atoms with Gasteiger partial charge in [0.15, 0.2) is 0 Å². The number of hydrogen-bond donors (Lipinski definition) is 1. The smallest absolute Gasteiger partial charge is 0.297 e. The van der Waals surface area contributed by atoms with Crippen LogP contribution < -0.4 is 0 Å². The summed E-state index contributed by atoms with van der Waals surface area (Å²) in [5, 5.41) is 8.80. The van der Waals surface area contributed by atoms with Gasteiger partial charge in [0, 0.05) is 63.0 Å². The average molecular weight is 770 g/mol. The summed E-state index contributed by atoms with van der Waals surface area (Å²) in [4.78, 5) is 27.1. The van der Waals surface area contributed by atoms with Crippen LogP contribution in [0, 0.1) is 18.6 Å². The van der Waals surface area contributed by atoms with Crippen LogP contribution in [0.4, 0.5) is 17.6 Å². The van der Waals surface area contributed by atoms with E-state index < -0.39 is 70.9 Å². The van der Waals surface area contributed by atoms with Gasteiger partial charge in [-0.3, -0.25) is 13.8 Å². The van der Waals surface area contributed by atoms with E-state index in [2.05, 4.69) is 4.18 Å². The number of carbonyl (C=O) groups excluding carboxylic acids is 2. The van der Waals surface area contributed by atoms with Crippen molar-refractivity contribution < 1.29 is 50.3 Å². The molecule has 0 saturated carbocycles. The molecule has 0 spiro atoms. The minimum atomic E-state index is -4.55. The van der Waals surface area contributed by atoms with Crippen molar-refractivity contribution >= 4 is 45.1 Å². The number of benzene rings is 3. The number of rotatable bonds is 7. The summed E-state index contributed by atoms with van der Waals surface area (Å²) in [5.74, 6) is -2.27. The van der Waals surface area contributed by atoms with Crippen molar-refractivity contribution in [3.05, 3.63) is 99.0 Å². The first kappa shape index (κ1) is 36.6. The molecule has 8 nitrogen and oxygen atoms in total. The normalized spacial score (nSPS) is 18.4. The third-order valence-electron chi connectivity index (χ3n) is 7.86. The van der Waals surface area contributed by atoms with Crippen molar-refractivity contribution in [3.8, 4) is 0 Å². The first-order chi connectivity index (χ1) is 24.0. The summed E-state index contributed by atoms with van der Waals surface area (Å²) in [6, 6.07) is 12.5. The molecule has 5 rings (SSSR count). The highest BCUT2D eigenvalue weighted by atomic mass is 35.5. The van der Waals surface area contributed by atoms with E-state index >= 15 is 4.39 Å². The van der Waals surface area contributed by atoms with Crippen LogP contribution in [0.5, 0.6) is 0 Å². The number of amides is 2. The summed E-state index contributed by atoms with van der Waals surface area (Å²) >= 11 is 11.3. The van der Waals surface area contributed by atoms with Crippen LogP contribution in [0.1, 0.15) is 72.3 Å². The highest BCUT2D eigenvalue weighted by Gasteiger charge is 2.38. The van der Waals surface area contributed by atoms with Crippen molar-refractivity contribution in [3.63, 3.8) is 0 Å². The van der Waals surface area contributed by atoms with E-state index in [1.165, 1.54) is 52.3 Å². The summed E-state index contributed by atoms with van der Waals surface area (Å²) < 4.78 is 116. The molecule has 0 aromatic heterocycles. The number of nitrogens with zero attached hydrogens (tertiary/aromatic N) is 2. The fourth-order valence-corrected chi connectivity index (χ4v) is 6.03. The Labute approximate surface area is 306 Å². The second kappa shape index (κ2) is 17.8. The lowest BCUT2D eigenvalue weighted by Gasteiger charge is -2.36. The van der Waals surface area contributed by atoms with Crippen molar-refractivity contribution in [1.82, 2.24) is 9.80 Å². The number of piperidine rings is 2. The molecule has 2 amide bonds. The van der Waals surface area contributed by atoms with Gasteiger partial charge in [0.25, 0.3) is 21.9 Å². The van der Waals surface area contributed by atoms with E-state index in [4.69, 9.17) is 28.7 Å². The first-order valence-corrected chi connectivity index (χ1v) is 16.8. The van der Waals surface area contributed by atoms with E-state index in [-0.39, 0.29) is 79.9 Å². The first-order valence-electron chi connectivity index (χ1n) is 16.6. The number of hydrogen-bond acceptors (Lipinski definition) is 6. The number of aryl methyl sites for hydroxylation is 1. The van der Waals surface area contributed by atoms with Gasteiger partial charge >= 0.3 is 0 Å². The quantitative estimate of drug-likeness (QED) is 0.194. The van der Waals surface area contributed by atoms with E-state index in [1.54, 1.807) is 6.92 Å². The average Bonchev–Trinajstić information content (AvgIpc) is 3.07. The third-order valence-corrected chi connectivity index (χ3v) is 9.60. The molecule has 2 heterocycles. The van der Waals surface area contributed by atoms with E-state index in [1.807, 2.05) is 0 Å². The Morgan fingerprint density at radius 2 is 1.20 bits per heavy atom. The zero-order valence-electron chi connectivity index (χ0n) is 29.5. The molecule has 2 aliphatic heterocycles. The van der Waals surface area contributed by atoms with Gasteiger partial charge in [0.1, 0.15) is 29.5 Å². The number of alkyl halides is 2. The van der Waals surface area contributed by atoms with Crippen LogP contribution in [-0.4, -0.2) is 85.8 Å². The second-order valence-electron chi connectivity index (χ2n) is 11.3. The van der Waals surface area contributed by atoms with Gasteiger partial charge in [-0.25, -0.2) is 17.6 Å². The van der Waals surface area contributed by atoms with Crippen LogP contribution in [-0.2, 0) is 14.3 Å². The van der Waals surface area contributed by atoms with Crippen LogP contribution in [0.25, 0.3) is 0 Å². The van der Waals surface area contributed by atoms with Gasteiger partial charge in [0.05, 0.1) is 27.0 Å². The molecule has 3 aromatic rings. The maximum Gasteiger partial charge on any atom is 0.297 e. The lowest BCUT2D eigenvalue weighted by atomic mass is 9.94. The maximum absolute atomic E-state index is 15.4. The van der Waals surface area contributed by atoms with Crippen molar-refractivity contribution in [2.45, 2.75) is 63.7 Å². The molecule has 1 N–H and O–H groups in total. The monoisotopic (exact) mass is 768 g/mol. The summed E-state index contributed by atoms with van der Waals surface area (Å²) in [5.41, 5.74) is -3.92. The van der Waals surface area contributed by atoms with Gasteiger partial charge in [-0.1, -0.05) is 55.8 Å². The molecule has 0 radical (unpaired) electrons. The zero-order chi connectivity index (χ0) is 38.9. The largest absolute Gasteiger partial charge is 0.393 e. The molecule has 3 aromatic carbocycles. The van der Waals surface area contributed by atoms with Gasteiger partial charge < -0.3 is 14.9 Å². The van der Waals surface area contributed by atoms with Crippen LogP contribution in [0.15, 0.2) is 65.6 Å². The Morgan fingerprint density at radius 3 is 1.58 bits per heavy atom. The van der Waals surface area contributed by atoms with Crippen molar-refractivity contribution in [2.24, 2.45) is 0 Å². The Kier molecular flexibility index (Phi) is 13.0. The molecule has 50 heavy (non-hydrogen) atoms. The van der Waals surface area contributed by atoms with Gasteiger partial charge in [-0.15, -0.1) is 0 Å². The molecular formula is C35H42Cl2F4N2O6S. The minimum absolute atomic E-state index is 0. The van der Waals surface area contributed by atoms with Crippen LogP contribution >= 0.6 is 23.2 Å². The standard InChI is InChI=1S/C20H20ClF2NO4S.C13H14ClF2NO2.2CH4/c1-14-2-5-16(6-3-14)29(26,27)28-13-20(23)8-10-24(11-9-20)19(25)15-4-7-18(22)17(21)12-15;14-10-7-9(1-2-11(10)15)12(19)17-5-3-13(16,8-18)4-6-17;;/h2-7,12H,8-11,13H2,1H3;1-2,7,18H,3-6,8H2;2*1H4/i13D2;8D2;;. The predicted octanol–water partition coefficient (Wildman–Crippen LogP) is 7.83. The minimum Gasteiger partial charge on any atom is -0.393 e. The lowest BCUT2D eigenvalue weighted by molar-refractivity contribution is 0.00990. The fraction of sp³-hybridized carbons (Fsp3) is 0.429. The lowest BCUT2D eigenvalue weighted by Crippen LogP contribution is -2.46. The second-order valence-corrected chi connectivity index (χ2v) is 13.7. The molecule has 15 heteroatoms. The maximum atomic E-state index is 15.4. The molecule has 2 saturated heterocycles. The van der Waals surface area contributed by atoms with Gasteiger partial charge in [-0.2, -0.15) is 8.42 Å². The molecule has 0 bridgehead atoms. The third kappa shape index (κ3) is 10.9. The highest BCUT2D eigenvalue weighted by Crippen LogP contribution is 2.30. The van der Waals surface area contributed by atoms with E-state index in [0.717, 1.165) is 23.8 Å². The fourth-order valence-electron chi connectivity index (χ4n) is 4.85. The van der Waals surface area contributed by atoms with Crippen LogP contribution in [0.2, 0.25) is 10.0 Å². The summed E-state index contributed by atoms with van der Waals surface area (Å²) in [6.45, 7) is -4.78. The number of carbonyl (C=O) groups is 2. The summed E-state index contributed by atoms with van der Waals surface area (Å²) in [7, 11) is -4.55. The SMILES string of the molecule is C.C.[2H]C([2H])(O)C1(F)CCN(C(=O)c2ccc(F)c(Cl)c2)CC1.[2H]C([2H])(OS(=O)(=O)c1ccc(C)cc1)C1(F)CCN(C(=O)c2ccc(F)c(Cl)c2)CC1. The topological polar surface area (TPSA) is 104 Å². The number of halogens is 6. The van der Waals surface area contributed by atoms with Gasteiger partial charge in [0.2, 0.25) is 0 Å². The summed E-state index contributed by atoms with van der Waals surface area (Å²) in [6.07, 6.45) is -1.58. The Hall–Kier alpha value is -3.23. The van der Waals surface area contributed by atoms with E-state index in [0.29, 0.717) is 0 Å². The van der Waals surface area contributed by atoms with E-state index in [9.17, 15) is 36.3 Å². The molecule has 0 aliphatic carbocycles. The van der Waals surface area contributed by atoms with Crippen molar-refractivity contribution in [1.29, 1.82) is 0 Å². The molecule has 2 aliphatic rings. The number of aliphatic hydroxyl groups is 1. The molecule has 0 unspecified atom stereocenters. The van der Waals surface area contributed by atoms with Gasteiger partial charge in [-0.05, 0) is 55.5 Å². The predicted molar refractivity (Wildman–Crippen MR) is 186 cm³/mol. The Morgan fingerprint density at radius 1 is 0.800 bits per heavy atom. The molecular weight excluding hydrogens is 723 g/mol. The zero-order valence-corrected chi connectivity index (χ0v) is 27.8.